The minimum atomic E-state index is 0.680. The van der Waals surface area contributed by atoms with Gasteiger partial charge in [0.05, 0.1) is 6.54 Å². The number of nitrogens with two attached hydrogens (primary N) is 1. The smallest absolute Gasteiger partial charge is 0.0565 e. The second-order valence-electron chi connectivity index (χ2n) is 5.96. The molecule has 0 saturated carbocycles. The van der Waals surface area contributed by atoms with Gasteiger partial charge in [-0.15, -0.1) is 0 Å². The fourth-order valence-corrected chi connectivity index (χ4v) is 3.05. The van der Waals surface area contributed by atoms with Crippen LogP contribution in [-0.4, -0.2) is 13.6 Å². The lowest BCUT2D eigenvalue weighted by Gasteiger charge is -2.28. The van der Waals surface area contributed by atoms with E-state index in [1.807, 2.05) is 0 Å². The van der Waals surface area contributed by atoms with Crippen LogP contribution in [0.2, 0.25) is 0 Å². The number of hydrogen-bond donors (Lipinski definition) is 1. The summed E-state index contributed by atoms with van der Waals surface area (Å²) in [5, 5.41) is 0. The molecule has 0 radical (unpaired) electrons. The Labute approximate surface area is 128 Å². The third kappa shape index (κ3) is 3.21. The zero-order valence-electron chi connectivity index (χ0n) is 13.5. The van der Waals surface area contributed by atoms with E-state index in [0.717, 1.165) is 19.3 Å². The van der Waals surface area contributed by atoms with Crippen LogP contribution in [0.5, 0.6) is 0 Å². The monoisotopic (exact) mass is 282 g/mol. The number of hydrogen-bond acceptors (Lipinski definition) is 2. The lowest BCUT2D eigenvalue weighted by atomic mass is 9.86. The summed E-state index contributed by atoms with van der Waals surface area (Å²) in [6.45, 7) is 12.9. The van der Waals surface area contributed by atoms with Crippen LogP contribution in [0.15, 0.2) is 42.1 Å². The Morgan fingerprint density at radius 3 is 2.57 bits per heavy atom. The molecule has 2 heteroatoms. The Bertz CT molecular complexity index is 608. The van der Waals surface area contributed by atoms with Gasteiger partial charge in [-0.05, 0) is 49.0 Å². The summed E-state index contributed by atoms with van der Waals surface area (Å²) in [4.78, 5) is 2.22. The standard InChI is InChI=1S/C19H26N2/c1-6-15-7-8-16-9-10-17(13(2)3)11-18(16)19(15)21(5)12-14(4)20/h7-8,11H,2,4,6,9-10,12,20H2,1,3,5H3. The van der Waals surface area contributed by atoms with Crippen molar-refractivity contribution in [3.63, 3.8) is 0 Å². The summed E-state index contributed by atoms with van der Waals surface area (Å²) in [5.41, 5.74) is 14.4. The fraction of sp³-hybridized carbons (Fsp3) is 0.368. The molecule has 0 heterocycles. The first kappa shape index (κ1) is 15.4. The Kier molecular flexibility index (Phi) is 4.56. The molecule has 1 aliphatic rings. The average molecular weight is 282 g/mol. The molecule has 2 N–H and O–H groups in total. The van der Waals surface area contributed by atoms with Gasteiger partial charge in [0.2, 0.25) is 0 Å². The largest absolute Gasteiger partial charge is 0.401 e. The highest BCUT2D eigenvalue weighted by Gasteiger charge is 2.19. The average Bonchev–Trinajstić information content (AvgIpc) is 2.44. The van der Waals surface area contributed by atoms with Crippen molar-refractivity contribution in [2.45, 2.75) is 33.1 Å². The number of benzene rings is 1. The molecule has 0 bridgehead atoms. The van der Waals surface area contributed by atoms with Crippen molar-refractivity contribution in [2.75, 3.05) is 18.5 Å². The molecule has 0 aliphatic heterocycles. The normalized spacial score (nSPS) is 13.4. The van der Waals surface area contributed by atoms with Gasteiger partial charge in [-0.25, -0.2) is 0 Å². The van der Waals surface area contributed by atoms with Gasteiger partial charge in [-0.3, -0.25) is 0 Å². The topological polar surface area (TPSA) is 29.3 Å². The molecule has 0 saturated heterocycles. The van der Waals surface area contributed by atoms with Gasteiger partial charge in [-0.2, -0.15) is 0 Å². The number of anilines is 1. The number of likely N-dealkylation sites (N-methyl/N-ethyl adjacent to an activating group) is 1. The van der Waals surface area contributed by atoms with Gasteiger partial charge < -0.3 is 10.6 Å². The first-order chi connectivity index (χ1) is 9.93. The van der Waals surface area contributed by atoms with E-state index in [1.54, 1.807) is 0 Å². The fourth-order valence-electron chi connectivity index (χ4n) is 3.05. The second-order valence-corrected chi connectivity index (χ2v) is 5.96. The summed E-state index contributed by atoms with van der Waals surface area (Å²) < 4.78 is 0. The van der Waals surface area contributed by atoms with Crippen molar-refractivity contribution in [1.29, 1.82) is 0 Å². The third-order valence-corrected chi connectivity index (χ3v) is 4.12. The highest BCUT2D eigenvalue weighted by molar-refractivity contribution is 5.77. The summed E-state index contributed by atoms with van der Waals surface area (Å²) >= 11 is 0. The van der Waals surface area contributed by atoms with E-state index in [2.05, 4.69) is 57.2 Å². The summed E-state index contributed by atoms with van der Waals surface area (Å²) in [5.74, 6) is 0. The van der Waals surface area contributed by atoms with E-state index < -0.39 is 0 Å². The van der Waals surface area contributed by atoms with Gasteiger partial charge in [-0.1, -0.05) is 37.8 Å². The summed E-state index contributed by atoms with van der Waals surface area (Å²) in [7, 11) is 2.09. The number of aryl methyl sites for hydroxylation is 2. The molecule has 0 aromatic heterocycles. The first-order valence-electron chi connectivity index (χ1n) is 7.59. The minimum Gasteiger partial charge on any atom is -0.401 e. The van der Waals surface area contributed by atoms with E-state index >= 15 is 0 Å². The Morgan fingerprint density at radius 2 is 2.00 bits per heavy atom. The lowest BCUT2D eigenvalue weighted by Crippen LogP contribution is -2.25. The molecule has 2 rings (SSSR count). The molecule has 0 unspecified atom stereocenters. The van der Waals surface area contributed by atoms with Crippen molar-refractivity contribution in [3.05, 3.63) is 58.8 Å². The Hall–Kier alpha value is -1.96. The molecule has 0 spiro atoms. The van der Waals surface area contributed by atoms with Crippen molar-refractivity contribution in [2.24, 2.45) is 5.73 Å². The zero-order chi connectivity index (χ0) is 15.6. The Balaban J connectivity index is 2.57. The van der Waals surface area contributed by atoms with Crippen molar-refractivity contribution in [3.8, 4) is 0 Å². The van der Waals surface area contributed by atoms with Gasteiger partial charge in [0.15, 0.2) is 0 Å². The SMILES string of the molecule is C=C(N)CN(C)c1c(CC)ccc2c1C=C(C(=C)C)CC2. The zero-order valence-corrected chi connectivity index (χ0v) is 13.5. The molecule has 112 valence electrons. The lowest BCUT2D eigenvalue weighted by molar-refractivity contribution is 0.909. The number of nitrogens with zero attached hydrogens (tertiary/aromatic N) is 1. The molecular formula is C19H26N2. The molecule has 1 aromatic carbocycles. The number of allylic oxidation sites excluding steroid dienone is 2. The van der Waals surface area contributed by atoms with Crippen LogP contribution >= 0.6 is 0 Å². The number of fused-ring (bicyclic) bond motifs is 1. The summed E-state index contributed by atoms with van der Waals surface area (Å²) in [6.07, 6.45) is 5.49. The predicted octanol–water partition coefficient (Wildman–Crippen LogP) is 4.06. The van der Waals surface area contributed by atoms with Gasteiger partial charge in [0.25, 0.3) is 0 Å². The van der Waals surface area contributed by atoms with E-state index in [0.29, 0.717) is 12.2 Å². The van der Waals surface area contributed by atoms with Gasteiger partial charge >= 0.3 is 0 Å². The maximum absolute atomic E-state index is 5.81. The molecule has 0 atom stereocenters. The third-order valence-electron chi connectivity index (χ3n) is 4.12. The van der Waals surface area contributed by atoms with Crippen LogP contribution in [0.25, 0.3) is 6.08 Å². The van der Waals surface area contributed by atoms with Crippen LogP contribution in [0.1, 0.15) is 37.0 Å². The predicted molar refractivity (Wildman–Crippen MR) is 93.5 cm³/mol. The van der Waals surface area contributed by atoms with Gasteiger partial charge in [0, 0.05) is 24.0 Å². The Morgan fingerprint density at radius 1 is 1.29 bits per heavy atom. The highest BCUT2D eigenvalue weighted by atomic mass is 15.1. The van der Waals surface area contributed by atoms with E-state index in [1.165, 1.54) is 33.5 Å². The van der Waals surface area contributed by atoms with Crippen molar-refractivity contribution >= 4 is 11.8 Å². The van der Waals surface area contributed by atoms with Crippen LogP contribution < -0.4 is 10.6 Å². The van der Waals surface area contributed by atoms with Crippen molar-refractivity contribution < 1.29 is 0 Å². The number of rotatable bonds is 5. The van der Waals surface area contributed by atoms with E-state index in [4.69, 9.17) is 5.73 Å². The molecule has 0 amide bonds. The van der Waals surface area contributed by atoms with E-state index in [-0.39, 0.29) is 0 Å². The maximum atomic E-state index is 5.81. The molecule has 1 aromatic rings. The van der Waals surface area contributed by atoms with Crippen molar-refractivity contribution in [1.82, 2.24) is 0 Å². The first-order valence-corrected chi connectivity index (χ1v) is 7.59. The van der Waals surface area contributed by atoms with E-state index in [9.17, 15) is 0 Å². The highest BCUT2D eigenvalue weighted by Crippen LogP contribution is 2.36. The maximum Gasteiger partial charge on any atom is 0.0565 e. The van der Waals surface area contributed by atoms with Gasteiger partial charge in [0.1, 0.15) is 0 Å². The quantitative estimate of drug-likeness (QED) is 0.882. The van der Waals surface area contributed by atoms with Crippen LogP contribution in [-0.2, 0) is 12.8 Å². The molecule has 21 heavy (non-hydrogen) atoms. The molecule has 1 aliphatic carbocycles. The van der Waals surface area contributed by atoms with Crippen LogP contribution in [0.3, 0.4) is 0 Å². The second kappa shape index (κ2) is 6.21. The van der Waals surface area contributed by atoms with Crippen LogP contribution in [0, 0.1) is 0 Å². The van der Waals surface area contributed by atoms with Crippen LogP contribution in [0.4, 0.5) is 5.69 Å². The molecule has 2 nitrogen and oxygen atoms in total. The molecule has 0 fully saturated rings. The molecular weight excluding hydrogens is 256 g/mol. The minimum absolute atomic E-state index is 0.680. The summed E-state index contributed by atoms with van der Waals surface area (Å²) in [6, 6.07) is 4.53.